The van der Waals surface area contributed by atoms with Crippen LogP contribution in [0.4, 0.5) is 5.82 Å². The Labute approximate surface area is 122 Å². The maximum atomic E-state index is 11.8. The van der Waals surface area contributed by atoms with Crippen LogP contribution in [0.1, 0.15) is 20.3 Å². The van der Waals surface area contributed by atoms with Crippen molar-refractivity contribution >= 4 is 17.8 Å². The van der Waals surface area contributed by atoms with Crippen molar-refractivity contribution in [1.29, 1.82) is 0 Å². The number of aromatic nitrogens is 1. The maximum Gasteiger partial charge on any atom is 0.336 e. The highest BCUT2D eigenvalue weighted by Crippen LogP contribution is 2.19. The van der Waals surface area contributed by atoms with E-state index >= 15 is 0 Å². The molecule has 0 saturated carbocycles. The van der Waals surface area contributed by atoms with Gasteiger partial charge in [0.15, 0.2) is 11.6 Å². The smallest absolute Gasteiger partial charge is 0.336 e. The molecule has 0 saturated heterocycles. The van der Waals surface area contributed by atoms with E-state index in [9.17, 15) is 14.7 Å². The minimum Gasteiger partial charge on any atom is -0.504 e. The molecular formula is C14H18N2O5. The first-order valence-corrected chi connectivity index (χ1v) is 6.50. The fraction of sp³-hybridized carbons (Fsp3) is 0.357. The molecule has 21 heavy (non-hydrogen) atoms. The highest BCUT2D eigenvalue weighted by Gasteiger charge is 2.16. The van der Waals surface area contributed by atoms with Gasteiger partial charge < -0.3 is 19.9 Å². The minimum absolute atomic E-state index is 0.0758. The number of hydrogen-bond acceptors (Lipinski definition) is 7. The molecule has 0 radical (unpaired) electrons. The standard InChI is InChI=1S/C14H18N2O5/c1-3-20-12(18)8-10(14(19)21-4-2)9-16-13-11(17)6-5-7-15-13/h5-7,9,17H,3-4,8H2,1-2H3,(H,15,16). The summed E-state index contributed by atoms with van der Waals surface area (Å²) in [5, 5.41) is 12.2. The molecule has 0 bridgehead atoms. The lowest BCUT2D eigenvalue weighted by atomic mass is 10.2. The number of pyridine rings is 1. The Balaban J connectivity index is 2.84. The normalized spacial score (nSPS) is 10.9. The Morgan fingerprint density at radius 1 is 1.33 bits per heavy atom. The van der Waals surface area contributed by atoms with E-state index < -0.39 is 11.9 Å². The SMILES string of the molecule is CCOC(=O)CC(=CNc1ncccc1O)C(=O)OCC. The van der Waals surface area contributed by atoms with Crippen LogP contribution in [0.15, 0.2) is 30.1 Å². The number of aromatic hydroxyl groups is 1. The zero-order valence-corrected chi connectivity index (χ0v) is 12.0. The van der Waals surface area contributed by atoms with Gasteiger partial charge in [0, 0.05) is 12.4 Å². The molecule has 0 fully saturated rings. The third-order valence-corrected chi connectivity index (χ3v) is 2.35. The first kappa shape index (κ1) is 16.5. The van der Waals surface area contributed by atoms with Gasteiger partial charge in [-0.2, -0.15) is 0 Å². The predicted octanol–water partition coefficient (Wildman–Crippen LogP) is 1.60. The van der Waals surface area contributed by atoms with Crippen molar-refractivity contribution in [1.82, 2.24) is 4.98 Å². The molecule has 1 heterocycles. The lowest BCUT2D eigenvalue weighted by molar-refractivity contribution is -0.145. The summed E-state index contributed by atoms with van der Waals surface area (Å²) in [6.45, 7) is 3.75. The molecule has 0 amide bonds. The second-order valence-electron chi connectivity index (χ2n) is 3.89. The van der Waals surface area contributed by atoms with E-state index in [-0.39, 0.29) is 36.8 Å². The summed E-state index contributed by atoms with van der Waals surface area (Å²) in [6, 6.07) is 3.01. The molecule has 0 atom stereocenters. The number of nitrogens with one attached hydrogen (secondary N) is 1. The van der Waals surface area contributed by atoms with Crippen LogP contribution in [0.25, 0.3) is 0 Å². The van der Waals surface area contributed by atoms with Crippen LogP contribution >= 0.6 is 0 Å². The summed E-state index contributed by atoms with van der Waals surface area (Å²) in [5.41, 5.74) is 0.0837. The molecule has 0 aromatic carbocycles. The molecule has 1 aromatic rings. The molecule has 0 aliphatic carbocycles. The third-order valence-electron chi connectivity index (χ3n) is 2.35. The Kier molecular flexibility index (Phi) is 6.73. The number of anilines is 1. The molecular weight excluding hydrogens is 276 g/mol. The van der Waals surface area contributed by atoms with Crippen LogP contribution in [0.2, 0.25) is 0 Å². The van der Waals surface area contributed by atoms with Crippen molar-refractivity contribution in [3.8, 4) is 5.75 Å². The van der Waals surface area contributed by atoms with Gasteiger partial charge in [-0.15, -0.1) is 0 Å². The minimum atomic E-state index is -0.631. The van der Waals surface area contributed by atoms with Crippen LogP contribution in [0, 0.1) is 0 Å². The Bertz CT molecular complexity index is 528. The van der Waals surface area contributed by atoms with E-state index in [1.165, 1.54) is 18.5 Å². The number of hydrogen-bond donors (Lipinski definition) is 2. The Morgan fingerprint density at radius 3 is 2.67 bits per heavy atom. The summed E-state index contributed by atoms with van der Waals surface area (Å²) >= 11 is 0. The average Bonchev–Trinajstić information content (AvgIpc) is 2.45. The second kappa shape index (κ2) is 8.57. The predicted molar refractivity (Wildman–Crippen MR) is 75.5 cm³/mol. The van der Waals surface area contributed by atoms with Gasteiger partial charge in [-0.05, 0) is 26.0 Å². The maximum absolute atomic E-state index is 11.8. The van der Waals surface area contributed by atoms with E-state index in [1.807, 2.05) is 0 Å². The Morgan fingerprint density at radius 2 is 2.05 bits per heavy atom. The topological polar surface area (TPSA) is 97.8 Å². The van der Waals surface area contributed by atoms with Crippen LogP contribution in [0.5, 0.6) is 5.75 Å². The number of carbonyl (C=O) groups excluding carboxylic acids is 2. The number of ether oxygens (including phenoxy) is 2. The molecule has 0 unspecified atom stereocenters. The van der Waals surface area contributed by atoms with Crippen molar-refractivity contribution < 1.29 is 24.2 Å². The van der Waals surface area contributed by atoms with Crippen molar-refractivity contribution in [3.63, 3.8) is 0 Å². The van der Waals surface area contributed by atoms with Gasteiger partial charge in [-0.1, -0.05) is 0 Å². The molecule has 0 aliphatic heterocycles. The lowest BCUT2D eigenvalue weighted by Crippen LogP contribution is -2.15. The van der Waals surface area contributed by atoms with Crippen LogP contribution in [-0.2, 0) is 19.1 Å². The summed E-state index contributed by atoms with van der Waals surface area (Å²) in [5.74, 6) is -1.08. The highest BCUT2D eigenvalue weighted by molar-refractivity contribution is 5.94. The van der Waals surface area contributed by atoms with Gasteiger partial charge in [-0.3, -0.25) is 4.79 Å². The zero-order valence-electron chi connectivity index (χ0n) is 12.0. The van der Waals surface area contributed by atoms with Gasteiger partial charge in [0.1, 0.15) is 0 Å². The average molecular weight is 294 g/mol. The highest BCUT2D eigenvalue weighted by atomic mass is 16.5. The number of nitrogens with zero attached hydrogens (tertiary/aromatic N) is 1. The molecule has 1 aromatic heterocycles. The van der Waals surface area contributed by atoms with Crippen LogP contribution in [0.3, 0.4) is 0 Å². The first-order valence-electron chi connectivity index (χ1n) is 6.50. The third kappa shape index (κ3) is 5.52. The molecule has 7 nitrogen and oxygen atoms in total. The summed E-state index contributed by atoms with van der Waals surface area (Å²) in [4.78, 5) is 27.1. The monoisotopic (exact) mass is 294 g/mol. The number of rotatable bonds is 7. The molecule has 0 spiro atoms. The van der Waals surface area contributed by atoms with E-state index in [2.05, 4.69) is 10.3 Å². The van der Waals surface area contributed by atoms with Crippen molar-refractivity contribution in [2.75, 3.05) is 18.5 Å². The summed E-state index contributed by atoms with van der Waals surface area (Å²) in [6.07, 6.45) is 2.52. The second-order valence-corrected chi connectivity index (χ2v) is 3.89. The van der Waals surface area contributed by atoms with Gasteiger partial charge in [0.25, 0.3) is 0 Å². The quantitative estimate of drug-likeness (QED) is 0.582. The Hall–Kier alpha value is -2.57. The van der Waals surface area contributed by atoms with E-state index in [0.29, 0.717) is 0 Å². The lowest BCUT2D eigenvalue weighted by Gasteiger charge is -2.08. The van der Waals surface area contributed by atoms with Gasteiger partial charge in [0.05, 0.1) is 25.2 Å². The molecule has 7 heteroatoms. The van der Waals surface area contributed by atoms with E-state index in [4.69, 9.17) is 9.47 Å². The van der Waals surface area contributed by atoms with Gasteiger partial charge in [0.2, 0.25) is 0 Å². The molecule has 0 aliphatic rings. The molecule has 114 valence electrons. The largest absolute Gasteiger partial charge is 0.504 e. The zero-order chi connectivity index (χ0) is 15.7. The van der Waals surface area contributed by atoms with Gasteiger partial charge >= 0.3 is 11.9 Å². The van der Waals surface area contributed by atoms with E-state index in [0.717, 1.165) is 0 Å². The number of carbonyl (C=O) groups is 2. The number of esters is 2. The van der Waals surface area contributed by atoms with Crippen molar-refractivity contribution in [3.05, 3.63) is 30.1 Å². The van der Waals surface area contributed by atoms with Crippen molar-refractivity contribution in [2.24, 2.45) is 0 Å². The summed E-state index contributed by atoms with van der Waals surface area (Å²) in [7, 11) is 0. The molecule has 2 N–H and O–H groups in total. The van der Waals surface area contributed by atoms with Gasteiger partial charge in [-0.25, -0.2) is 9.78 Å². The fourth-order valence-electron chi connectivity index (χ4n) is 1.44. The van der Waals surface area contributed by atoms with Crippen LogP contribution < -0.4 is 5.32 Å². The van der Waals surface area contributed by atoms with E-state index in [1.54, 1.807) is 19.9 Å². The van der Waals surface area contributed by atoms with Crippen molar-refractivity contribution in [2.45, 2.75) is 20.3 Å². The summed E-state index contributed by atoms with van der Waals surface area (Å²) < 4.78 is 9.66. The fourth-order valence-corrected chi connectivity index (χ4v) is 1.44. The van der Waals surface area contributed by atoms with Crippen LogP contribution in [-0.4, -0.2) is 35.2 Å². The molecule has 1 rings (SSSR count). The first-order chi connectivity index (χ1) is 10.1.